The fraction of sp³-hybridized carbons (Fsp3) is 0.0182. The summed E-state index contributed by atoms with van der Waals surface area (Å²) in [6.45, 7) is 0. The average Bonchev–Trinajstić information content (AvgIpc) is 3.65. The zero-order valence-electron chi connectivity index (χ0n) is 31.0. The highest BCUT2D eigenvalue weighted by Gasteiger charge is 2.30. The molecule has 9 aromatic rings. The summed E-state index contributed by atoms with van der Waals surface area (Å²) in [5.41, 5.74) is 29.8. The van der Waals surface area contributed by atoms with Crippen molar-refractivity contribution in [3.05, 3.63) is 223 Å². The molecule has 0 bridgehead atoms. The molecule has 0 amide bonds. The van der Waals surface area contributed by atoms with Crippen LogP contribution in [-0.2, 0) is 6.42 Å². The van der Waals surface area contributed by atoms with Gasteiger partial charge in [-0.15, -0.1) is 0 Å². The number of nitrogen functional groups attached to an aromatic ring is 1. The number of hydrogen-bond acceptors (Lipinski definition) is 1. The first-order valence-corrected chi connectivity index (χ1v) is 19.4. The molecule has 0 atom stereocenters. The second-order valence-corrected chi connectivity index (χ2v) is 14.5. The summed E-state index contributed by atoms with van der Waals surface area (Å²) in [6, 6.07) is 76.5. The first-order valence-electron chi connectivity index (χ1n) is 19.4. The minimum Gasteiger partial charge on any atom is -0.398 e. The van der Waals surface area contributed by atoms with Gasteiger partial charge in [0.2, 0.25) is 0 Å². The van der Waals surface area contributed by atoms with Crippen LogP contribution < -0.4 is 5.73 Å². The Morgan fingerprint density at radius 1 is 0.268 bits per heavy atom. The molecule has 1 aliphatic rings. The third-order valence-electron chi connectivity index (χ3n) is 11.4. The number of fused-ring (bicyclic) bond motifs is 3. The van der Waals surface area contributed by atoms with Gasteiger partial charge in [0.15, 0.2) is 0 Å². The molecule has 0 spiro atoms. The Balaban J connectivity index is 1.36. The fourth-order valence-corrected chi connectivity index (χ4v) is 8.83. The van der Waals surface area contributed by atoms with E-state index in [4.69, 9.17) is 5.73 Å². The Bertz CT molecular complexity index is 2860. The average molecular weight is 714 g/mol. The molecule has 0 heterocycles. The zero-order valence-corrected chi connectivity index (χ0v) is 31.0. The van der Waals surface area contributed by atoms with E-state index in [1.807, 2.05) is 0 Å². The second kappa shape index (κ2) is 14.2. The lowest BCUT2D eigenvalue weighted by Gasteiger charge is -2.25. The van der Waals surface area contributed by atoms with Crippen molar-refractivity contribution in [2.75, 3.05) is 5.73 Å². The van der Waals surface area contributed by atoms with Gasteiger partial charge >= 0.3 is 0 Å². The number of hydrogen-bond donors (Lipinski definition) is 1. The molecular weight excluding hydrogens is 675 g/mol. The van der Waals surface area contributed by atoms with Crippen molar-refractivity contribution < 1.29 is 0 Å². The number of anilines is 1. The highest BCUT2D eigenvalue weighted by molar-refractivity contribution is 6.10. The highest BCUT2D eigenvalue weighted by atomic mass is 14.6. The molecule has 0 aliphatic heterocycles. The first kappa shape index (κ1) is 33.4. The van der Waals surface area contributed by atoms with Gasteiger partial charge in [0.1, 0.15) is 0 Å². The maximum atomic E-state index is 7.75. The van der Waals surface area contributed by atoms with Gasteiger partial charge in [-0.2, -0.15) is 0 Å². The van der Waals surface area contributed by atoms with Crippen LogP contribution in [0.1, 0.15) is 11.1 Å². The van der Waals surface area contributed by atoms with Gasteiger partial charge in [-0.25, -0.2) is 0 Å². The molecule has 0 aromatic heterocycles. The van der Waals surface area contributed by atoms with Crippen molar-refractivity contribution in [1.82, 2.24) is 0 Å². The standard InChI is InChI=1S/C55H39N/c56-55-47(45-31-17-15-28-42(45)37-19-5-1-6-20-37)33-34-48(54(55)46-32-18-16-29-43(46)38-21-7-2-8-22-38)53-51-35-41-27-13-14-30-44(41)50(51)36-49(39-23-9-3-10-24-39)52(53)40-25-11-4-12-26-40/h1-34,36H,35,56H2. The zero-order chi connectivity index (χ0) is 37.4. The molecule has 0 saturated carbocycles. The predicted octanol–water partition coefficient (Wildman–Crippen LogP) is 14.5. The van der Waals surface area contributed by atoms with Crippen LogP contribution in [0.4, 0.5) is 5.69 Å². The highest BCUT2D eigenvalue weighted by Crippen LogP contribution is 2.54. The molecule has 1 aliphatic carbocycles. The minimum atomic E-state index is 0.766. The molecular formula is C55H39N. The van der Waals surface area contributed by atoms with E-state index in [-0.39, 0.29) is 0 Å². The Labute approximate surface area is 329 Å². The number of nitrogens with two attached hydrogens (primary N) is 1. The Morgan fingerprint density at radius 2 is 0.696 bits per heavy atom. The van der Waals surface area contributed by atoms with E-state index < -0.39 is 0 Å². The van der Waals surface area contributed by atoms with Crippen molar-refractivity contribution in [2.45, 2.75) is 6.42 Å². The van der Waals surface area contributed by atoms with Gasteiger partial charge in [-0.05, 0) is 102 Å². The van der Waals surface area contributed by atoms with Gasteiger partial charge in [-0.3, -0.25) is 0 Å². The van der Waals surface area contributed by atoms with Crippen LogP contribution >= 0.6 is 0 Å². The third-order valence-corrected chi connectivity index (χ3v) is 11.4. The van der Waals surface area contributed by atoms with Gasteiger partial charge in [-0.1, -0.05) is 206 Å². The third kappa shape index (κ3) is 5.73. The number of benzene rings is 9. The molecule has 9 aromatic carbocycles. The lowest BCUT2D eigenvalue weighted by atomic mass is 9.78. The summed E-state index contributed by atoms with van der Waals surface area (Å²) >= 11 is 0. The van der Waals surface area contributed by atoms with E-state index in [0.717, 1.165) is 62.2 Å². The summed E-state index contributed by atoms with van der Waals surface area (Å²) in [5.74, 6) is 0. The maximum absolute atomic E-state index is 7.75. The molecule has 2 N–H and O–H groups in total. The quantitative estimate of drug-likeness (QED) is 0.164. The Kier molecular flexibility index (Phi) is 8.46. The van der Waals surface area contributed by atoms with Crippen LogP contribution in [0.15, 0.2) is 212 Å². The fourth-order valence-electron chi connectivity index (χ4n) is 8.83. The first-order chi connectivity index (χ1) is 27.7. The Hall–Kier alpha value is -7.22. The van der Waals surface area contributed by atoms with Crippen LogP contribution in [0.5, 0.6) is 0 Å². The van der Waals surface area contributed by atoms with Gasteiger partial charge in [0.05, 0.1) is 0 Å². The van der Waals surface area contributed by atoms with Crippen LogP contribution in [-0.4, -0.2) is 0 Å². The van der Waals surface area contributed by atoms with E-state index >= 15 is 0 Å². The predicted molar refractivity (Wildman–Crippen MR) is 237 cm³/mol. The molecule has 1 heteroatoms. The lowest BCUT2D eigenvalue weighted by molar-refractivity contribution is 1.26. The molecule has 0 saturated heterocycles. The van der Waals surface area contributed by atoms with Crippen molar-refractivity contribution in [2.24, 2.45) is 0 Å². The van der Waals surface area contributed by atoms with Gasteiger partial charge in [0.25, 0.3) is 0 Å². The van der Waals surface area contributed by atoms with Crippen LogP contribution in [0.3, 0.4) is 0 Å². The van der Waals surface area contributed by atoms with Crippen molar-refractivity contribution in [3.8, 4) is 89.0 Å². The second-order valence-electron chi connectivity index (χ2n) is 14.5. The van der Waals surface area contributed by atoms with Gasteiger partial charge < -0.3 is 5.73 Å². The molecule has 1 nitrogen and oxygen atoms in total. The SMILES string of the molecule is Nc1c(-c2ccccc2-c2ccccc2)ccc(-c2c3c(cc(-c4ccccc4)c2-c2ccccc2)-c2ccccc2C3)c1-c1ccccc1-c1ccccc1. The largest absolute Gasteiger partial charge is 0.398 e. The van der Waals surface area contributed by atoms with Crippen molar-refractivity contribution in [1.29, 1.82) is 0 Å². The van der Waals surface area contributed by atoms with Crippen LogP contribution in [0.25, 0.3) is 89.0 Å². The lowest BCUT2D eigenvalue weighted by Crippen LogP contribution is -2.03. The van der Waals surface area contributed by atoms with E-state index in [1.54, 1.807) is 0 Å². The van der Waals surface area contributed by atoms with E-state index in [1.165, 1.54) is 50.1 Å². The number of rotatable bonds is 7. The summed E-state index contributed by atoms with van der Waals surface area (Å²) in [5, 5.41) is 0. The monoisotopic (exact) mass is 713 g/mol. The molecule has 0 fully saturated rings. The van der Waals surface area contributed by atoms with E-state index in [2.05, 4.69) is 212 Å². The van der Waals surface area contributed by atoms with Crippen molar-refractivity contribution >= 4 is 5.69 Å². The van der Waals surface area contributed by atoms with Crippen LogP contribution in [0, 0.1) is 0 Å². The molecule has 56 heavy (non-hydrogen) atoms. The normalized spacial score (nSPS) is 11.6. The summed E-state index contributed by atoms with van der Waals surface area (Å²) in [4.78, 5) is 0. The summed E-state index contributed by atoms with van der Waals surface area (Å²) in [7, 11) is 0. The minimum absolute atomic E-state index is 0.766. The van der Waals surface area contributed by atoms with Crippen molar-refractivity contribution in [3.63, 3.8) is 0 Å². The van der Waals surface area contributed by atoms with Crippen LogP contribution in [0.2, 0.25) is 0 Å². The topological polar surface area (TPSA) is 26.0 Å². The smallest absolute Gasteiger partial charge is 0.0480 e. The van der Waals surface area contributed by atoms with E-state index in [9.17, 15) is 0 Å². The molecule has 10 rings (SSSR count). The summed E-state index contributed by atoms with van der Waals surface area (Å²) in [6.07, 6.45) is 0.841. The molecule has 0 radical (unpaired) electrons. The maximum Gasteiger partial charge on any atom is 0.0480 e. The molecule has 264 valence electrons. The van der Waals surface area contributed by atoms with E-state index in [0.29, 0.717) is 0 Å². The van der Waals surface area contributed by atoms with Gasteiger partial charge in [0, 0.05) is 16.8 Å². The Morgan fingerprint density at radius 3 is 1.29 bits per heavy atom. The summed E-state index contributed by atoms with van der Waals surface area (Å²) < 4.78 is 0. The molecule has 0 unspecified atom stereocenters.